The molecule has 1 heterocycles. The van der Waals surface area contributed by atoms with Crippen LogP contribution in [0.1, 0.15) is 65.3 Å². The number of fused-ring (bicyclic) bond motifs is 1. The number of aryl methyl sites for hydroxylation is 1. The Hall–Kier alpha value is -3.15. The molecule has 3 unspecified atom stereocenters. The number of rotatable bonds is 5. The van der Waals surface area contributed by atoms with Crippen molar-refractivity contribution >= 4 is 23.4 Å². The lowest BCUT2D eigenvalue weighted by atomic mass is 9.84. The molecule has 0 spiro atoms. The van der Waals surface area contributed by atoms with Gasteiger partial charge in [-0.25, -0.2) is 0 Å². The third kappa shape index (κ3) is 4.40. The summed E-state index contributed by atoms with van der Waals surface area (Å²) in [6, 6.07) is 14.1. The summed E-state index contributed by atoms with van der Waals surface area (Å²) in [6.07, 6.45) is 4.92. The van der Waals surface area contributed by atoms with Crippen molar-refractivity contribution in [2.24, 2.45) is 5.92 Å². The number of anilines is 1. The molecule has 2 aromatic rings. The molecule has 2 N–H and O–H groups in total. The van der Waals surface area contributed by atoms with Crippen molar-refractivity contribution in [1.29, 1.82) is 0 Å². The molecule has 1 saturated carbocycles. The van der Waals surface area contributed by atoms with E-state index in [0.29, 0.717) is 35.7 Å². The summed E-state index contributed by atoms with van der Waals surface area (Å²) in [5, 5.41) is 5.81. The van der Waals surface area contributed by atoms with E-state index in [9.17, 15) is 14.4 Å². The maximum atomic E-state index is 13.5. The van der Waals surface area contributed by atoms with Crippen molar-refractivity contribution in [3.8, 4) is 0 Å². The monoisotopic (exact) mass is 433 g/mol. The molecule has 2 fully saturated rings. The van der Waals surface area contributed by atoms with Crippen LogP contribution in [0.4, 0.5) is 5.69 Å². The zero-order chi connectivity index (χ0) is 22.7. The van der Waals surface area contributed by atoms with E-state index in [1.165, 1.54) is 0 Å². The summed E-state index contributed by atoms with van der Waals surface area (Å²) in [7, 11) is 0. The normalized spacial score (nSPS) is 22.2. The zero-order valence-electron chi connectivity index (χ0n) is 18.8. The van der Waals surface area contributed by atoms with Gasteiger partial charge in [0.05, 0.1) is 0 Å². The van der Waals surface area contributed by atoms with Crippen LogP contribution in [0.3, 0.4) is 0 Å². The van der Waals surface area contributed by atoms with Crippen LogP contribution in [-0.2, 0) is 4.79 Å². The van der Waals surface area contributed by atoms with Gasteiger partial charge in [0.1, 0.15) is 6.04 Å². The van der Waals surface area contributed by atoms with Gasteiger partial charge in [-0.3, -0.25) is 14.4 Å². The first kappa shape index (κ1) is 22.1. The van der Waals surface area contributed by atoms with Crippen LogP contribution in [0.5, 0.6) is 0 Å². The van der Waals surface area contributed by atoms with Gasteiger partial charge in [-0.05, 0) is 68.9 Å². The van der Waals surface area contributed by atoms with Gasteiger partial charge in [0.2, 0.25) is 5.91 Å². The number of hydrogen-bond donors (Lipinski definition) is 2. The van der Waals surface area contributed by atoms with Crippen molar-refractivity contribution in [2.45, 2.75) is 58.0 Å². The molecule has 0 aromatic heterocycles. The fourth-order valence-corrected chi connectivity index (χ4v) is 5.09. The number of amides is 3. The second kappa shape index (κ2) is 9.55. The zero-order valence-corrected chi connectivity index (χ0v) is 18.8. The van der Waals surface area contributed by atoms with Gasteiger partial charge in [-0.15, -0.1) is 0 Å². The molecule has 3 atom stereocenters. The maximum Gasteiger partial charge on any atom is 0.254 e. The van der Waals surface area contributed by atoms with Crippen LogP contribution in [0.15, 0.2) is 48.5 Å². The molecule has 6 nitrogen and oxygen atoms in total. The Morgan fingerprint density at radius 3 is 2.50 bits per heavy atom. The van der Waals surface area contributed by atoms with Gasteiger partial charge in [0, 0.05) is 29.4 Å². The summed E-state index contributed by atoms with van der Waals surface area (Å²) >= 11 is 0. The third-order valence-electron chi connectivity index (χ3n) is 6.74. The molecular weight excluding hydrogens is 402 g/mol. The lowest BCUT2D eigenvalue weighted by Gasteiger charge is -2.33. The van der Waals surface area contributed by atoms with E-state index in [1.54, 1.807) is 12.1 Å². The average Bonchev–Trinajstić information content (AvgIpc) is 3.20. The highest BCUT2D eigenvalue weighted by molar-refractivity contribution is 6.03. The predicted molar refractivity (Wildman–Crippen MR) is 125 cm³/mol. The first-order chi connectivity index (χ1) is 15.5. The fourth-order valence-electron chi connectivity index (χ4n) is 5.09. The largest absolute Gasteiger partial charge is 0.352 e. The molecule has 2 aliphatic rings. The Bertz CT molecular complexity index is 1000. The average molecular weight is 434 g/mol. The minimum Gasteiger partial charge on any atom is -0.352 e. The SMILES string of the molecule is CCNC(=O)c1ccc(C)c(NC(=O)C2CC3CCCCC3N2C(=O)c2ccccc2)c1. The van der Waals surface area contributed by atoms with Crippen molar-refractivity contribution < 1.29 is 14.4 Å². The number of hydrogen-bond acceptors (Lipinski definition) is 3. The first-order valence-corrected chi connectivity index (χ1v) is 11.6. The van der Waals surface area contributed by atoms with Crippen molar-refractivity contribution in [3.05, 3.63) is 65.2 Å². The molecule has 4 rings (SSSR count). The standard InChI is InChI=1S/C26H31N3O3/c1-3-27-24(30)20-14-13-17(2)21(15-20)28-25(31)23-16-19-11-7-8-12-22(19)29(23)26(32)18-9-5-4-6-10-18/h4-6,9-10,13-15,19,22-23H,3,7-8,11-12,16H2,1-2H3,(H,27,30)(H,28,31). The minimum absolute atomic E-state index is 0.0760. The highest BCUT2D eigenvalue weighted by Crippen LogP contribution is 2.41. The Balaban J connectivity index is 1.59. The number of nitrogens with one attached hydrogen (secondary N) is 2. The van der Waals surface area contributed by atoms with Crippen LogP contribution in [0.2, 0.25) is 0 Å². The smallest absolute Gasteiger partial charge is 0.254 e. The fraction of sp³-hybridized carbons (Fsp3) is 0.423. The van der Waals surface area contributed by atoms with Crippen LogP contribution < -0.4 is 10.6 Å². The summed E-state index contributed by atoms with van der Waals surface area (Å²) in [4.78, 5) is 41.0. The minimum atomic E-state index is -0.511. The molecule has 1 aliphatic heterocycles. The summed E-state index contributed by atoms with van der Waals surface area (Å²) in [5.41, 5.74) is 2.61. The van der Waals surface area contributed by atoms with E-state index >= 15 is 0 Å². The van der Waals surface area contributed by atoms with Crippen molar-refractivity contribution in [3.63, 3.8) is 0 Å². The molecule has 1 saturated heterocycles. The predicted octanol–water partition coefficient (Wildman–Crippen LogP) is 4.16. The Morgan fingerprint density at radius 1 is 1.00 bits per heavy atom. The molecule has 6 heteroatoms. The number of carbonyl (C=O) groups is 3. The number of carbonyl (C=O) groups excluding carboxylic acids is 3. The first-order valence-electron chi connectivity index (χ1n) is 11.6. The summed E-state index contributed by atoms with van der Waals surface area (Å²) in [6.45, 7) is 4.31. The lowest BCUT2D eigenvalue weighted by molar-refractivity contribution is -0.120. The van der Waals surface area contributed by atoms with Crippen LogP contribution >= 0.6 is 0 Å². The molecule has 0 radical (unpaired) electrons. The van der Waals surface area contributed by atoms with E-state index in [1.807, 2.05) is 55.1 Å². The van der Waals surface area contributed by atoms with Gasteiger partial charge in [0.25, 0.3) is 11.8 Å². The third-order valence-corrected chi connectivity index (χ3v) is 6.74. The molecule has 168 valence electrons. The molecule has 3 amide bonds. The Labute approximate surface area is 189 Å². The molecule has 32 heavy (non-hydrogen) atoms. The van der Waals surface area contributed by atoms with Crippen LogP contribution in [0, 0.1) is 12.8 Å². The van der Waals surface area contributed by atoms with Gasteiger partial charge >= 0.3 is 0 Å². The van der Waals surface area contributed by atoms with E-state index < -0.39 is 6.04 Å². The highest BCUT2D eigenvalue weighted by Gasteiger charge is 2.47. The van der Waals surface area contributed by atoms with Gasteiger partial charge in [-0.1, -0.05) is 37.1 Å². The van der Waals surface area contributed by atoms with Crippen LogP contribution in [0.25, 0.3) is 0 Å². The summed E-state index contributed by atoms with van der Waals surface area (Å²) in [5.74, 6) is -0.0709. The van der Waals surface area contributed by atoms with Crippen molar-refractivity contribution in [1.82, 2.24) is 10.2 Å². The van der Waals surface area contributed by atoms with Gasteiger partial charge in [-0.2, -0.15) is 0 Å². The van der Waals surface area contributed by atoms with E-state index in [0.717, 1.165) is 31.2 Å². The van der Waals surface area contributed by atoms with E-state index in [-0.39, 0.29) is 23.8 Å². The highest BCUT2D eigenvalue weighted by atomic mass is 16.2. The molecule has 0 bridgehead atoms. The number of benzene rings is 2. The van der Waals surface area contributed by atoms with Crippen molar-refractivity contribution in [2.75, 3.05) is 11.9 Å². The van der Waals surface area contributed by atoms with Crippen LogP contribution in [-0.4, -0.2) is 41.2 Å². The van der Waals surface area contributed by atoms with Gasteiger partial charge < -0.3 is 15.5 Å². The summed E-state index contributed by atoms with van der Waals surface area (Å²) < 4.78 is 0. The Kier molecular flexibility index (Phi) is 6.58. The maximum absolute atomic E-state index is 13.5. The molecular formula is C26H31N3O3. The van der Waals surface area contributed by atoms with E-state index in [2.05, 4.69) is 10.6 Å². The Morgan fingerprint density at radius 2 is 1.75 bits per heavy atom. The lowest BCUT2D eigenvalue weighted by Crippen LogP contribution is -2.47. The van der Waals surface area contributed by atoms with E-state index in [4.69, 9.17) is 0 Å². The number of likely N-dealkylation sites (tertiary alicyclic amines) is 1. The quantitative estimate of drug-likeness (QED) is 0.743. The number of nitrogens with zero attached hydrogens (tertiary/aromatic N) is 1. The molecule has 1 aliphatic carbocycles. The molecule has 2 aromatic carbocycles. The second-order valence-corrected chi connectivity index (χ2v) is 8.82. The topological polar surface area (TPSA) is 78.5 Å². The second-order valence-electron chi connectivity index (χ2n) is 8.82. The van der Waals surface area contributed by atoms with Gasteiger partial charge in [0.15, 0.2) is 0 Å².